The molecule has 1 nitrogen and oxygen atoms in total. The zero-order chi connectivity index (χ0) is 11.5. The van der Waals surface area contributed by atoms with Gasteiger partial charge in [-0.25, -0.2) is 0 Å². The van der Waals surface area contributed by atoms with Gasteiger partial charge in [0, 0.05) is 10.9 Å². The summed E-state index contributed by atoms with van der Waals surface area (Å²) in [4.78, 5) is 0. The third-order valence-corrected chi connectivity index (χ3v) is 3.74. The van der Waals surface area contributed by atoms with Gasteiger partial charge in [0.25, 0.3) is 0 Å². The summed E-state index contributed by atoms with van der Waals surface area (Å²) < 4.78 is 0.877. The standard InChI is InChI=1S/C13H10BrClO/c14-11-6-3-5-10(13(11)15)8-9-4-1-2-7-12(9)16/h1-7,16H,8H2. The number of phenols is 1. The molecule has 82 valence electrons. The Morgan fingerprint density at radius 2 is 1.69 bits per heavy atom. The molecule has 0 heterocycles. The van der Waals surface area contributed by atoms with Crippen LogP contribution in [0.25, 0.3) is 0 Å². The van der Waals surface area contributed by atoms with Crippen LogP contribution in [-0.4, -0.2) is 5.11 Å². The molecule has 16 heavy (non-hydrogen) atoms. The van der Waals surface area contributed by atoms with E-state index in [9.17, 15) is 5.11 Å². The number of benzene rings is 2. The second-order valence-corrected chi connectivity index (χ2v) is 4.75. The van der Waals surface area contributed by atoms with Crippen LogP contribution in [0.15, 0.2) is 46.9 Å². The zero-order valence-electron chi connectivity index (χ0n) is 8.45. The van der Waals surface area contributed by atoms with Crippen molar-refractivity contribution in [2.24, 2.45) is 0 Å². The van der Waals surface area contributed by atoms with Crippen molar-refractivity contribution < 1.29 is 5.11 Å². The van der Waals surface area contributed by atoms with Gasteiger partial charge in [0.1, 0.15) is 5.75 Å². The molecule has 2 aromatic rings. The van der Waals surface area contributed by atoms with Crippen molar-refractivity contribution in [3.63, 3.8) is 0 Å². The predicted molar refractivity (Wildman–Crippen MR) is 70.1 cm³/mol. The van der Waals surface area contributed by atoms with Crippen LogP contribution in [0.4, 0.5) is 0 Å². The van der Waals surface area contributed by atoms with Crippen molar-refractivity contribution in [3.05, 3.63) is 63.1 Å². The molecule has 0 aliphatic carbocycles. The minimum absolute atomic E-state index is 0.304. The fourth-order valence-electron chi connectivity index (χ4n) is 1.55. The second-order valence-electron chi connectivity index (χ2n) is 3.52. The summed E-state index contributed by atoms with van der Waals surface area (Å²) in [6.07, 6.45) is 0.630. The zero-order valence-corrected chi connectivity index (χ0v) is 10.8. The maximum atomic E-state index is 9.68. The van der Waals surface area contributed by atoms with E-state index in [4.69, 9.17) is 11.6 Å². The average molecular weight is 298 g/mol. The molecule has 0 saturated heterocycles. The van der Waals surface area contributed by atoms with Gasteiger partial charge in [-0.3, -0.25) is 0 Å². The first-order chi connectivity index (χ1) is 7.68. The maximum absolute atomic E-state index is 9.68. The largest absolute Gasteiger partial charge is 0.508 e. The van der Waals surface area contributed by atoms with Crippen LogP contribution in [0.2, 0.25) is 5.02 Å². The second kappa shape index (κ2) is 4.89. The summed E-state index contributed by atoms with van der Waals surface area (Å²) in [5.41, 5.74) is 1.88. The number of para-hydroxylation sites is 1. The first-order valence-corrected chi connectivity index (χ1v) is 6.05. The van der Waals surface area contributed by atoms with Crippen LogP contribution in [-0.2, 0) is 6.42 Å². The average Bonchev–Trinajstić information content (AvgIpc) is 2.28. The summed E-state index contributed by atoms with van der Waals surface area (Å²) in [6.45, 7) is 0. The van der Waals surface area contributed by atoms with Crippen LogP contribution < -0.4 is 0 Å². The molecule has 3 heteroatoms. The molecule has 0 spiro atoms. The number of hydrogen-bond acceptors (Lipinski definition) is 1. The van der Waals surface area contributed by atoms with Gasteiger partial charge in [0.05, 0.1) is 5.02 Å². The third-order valence-electron chi connectivity index (χ3n) is 2.40. The van der Waals surface area contributed by atoms with E-state index in [1.54, 1.807) is 12.1 Å². The molecule has 0 aliphatic rings. The molecule has 0 amide bonds. The van der Waals surface area contributed by atoms with E-state index in [0.29, 0.717) is 17.2 Å². The number of hydrogen-bond donors (Lipinski definition) is 1. The summed E-state index contributed by atoms with van der Waals surface area (Å²) in [7, 11) is 0. The van der Waals surface area contributed by atoms with Gasteiger partial charge in [-0.05, 0) is 39.2 Å². The lowest BCUT2D eigenvalue weighted by Gasteiger charge is -2.07. The van der Waals surface area contributed by atoms with Crippen LogP contribution in [0.1, 0.15) is 11.1 Å². The lowest BCUT2D eigenvalue weighted by atomic mass is 10.0. The van der Waals surface area contributed by atoms with E-state index in [2.05, 4.69) is 15.9 Å². The molecule has 0 aromatic heterocycles. The topological polar surface area (TPSA) is 20.2 Å². The lowest BCUT2D eigenvalue weighted by molar-refractivity contribution is 0.469. The molecule has 0 radical (unpaired) electrons. The SMILES string of the molecule is Oc1ccccc1Cc1cccc(Br)c1Cl. The fraction of sp³-hybridized carbons (Fsp3) is 0.0769. The van der Waals surface area contributed by atoms with Crippen molar-refractivity contribution in [2.45, 2.75) is 6.42 Å². The highest BCUT2D eigenvalue weighted by molar-refractivity contribution is 9.10. The molecular formula is C13H10BrClO. The molecule has 0 unspecified atom stereocenters. The molecule has 0 aliphatic heterocycles. The molecule has 0 fully saturated rings. The predicted octanol–water partition coefficient (Wildman–Crippen LogP) is 4.40. The van der Waals surface area contributed by atoms with Gasteiger partial charge in [-0.1, -0.05) is 41.9 Å². The van der Waals surface area contributed by atoms with Gasteiger partial charge in [-0.2, -0.15) is 0 Å². The van der Waals surface area contributed by atoms with Crippen LogP contribution >= 0.6 is 27.5 Å². The Hall–Kier alpha value is -0.990. The highest BCUT2D eigenvalue weighted by Crippen LogP contribution is 2.29. The number of rotatable bonds is 2. The van der Waals surface area contributed by atoms with Gasteiger partial charge < -0.3 is 5.11 Å². The molecule has 0 saturated carbocycles. The van der Waals surface area contributed by atoms with Crippen molar-refractivity contribution >= 4 is 27.5 Å². The first kappa shape index (κ1) is 11.5. The Morgan fingerprint density at radius 1 is 1.00 bits per heavy atom. The van der Waals surface area contributed by atoms with Crippen LogP contribution in [0, 0.1) is 0 Å². The molecule has 2 aromatic carbocycles. The Bertz CT molecular complexity index is 511. The summed E-state index contributed by atoms with van der Waals surface area (Å²) in [5.74, 6) is 0.304. The Labute approximate surface area is 108 Å². The van der Waals surface area contributed by atoms with E-state index in [1.807, 2.05) is 30.3 Å². The number of halogens is 2. The molecule has 2 rings (SSSR count). The quantitative estimate of drug-likeness (QED) is 0.871. The monoisotopic (exact) mass is 296 g/mol. The molecule has 0 bridgehead atoms. The fourth-order valence-corrected chi connectivity index (χ4v) is 2.15. The highest BCUT2D eigenvalue weighted by Gasteiger charge is 2.07. The third kappa shape index (κ3) is 2.39. The van der Waals surface area contributed by atoms with Crippen molar-refractivity contribution in [1.29, 1.82) is 0 Å². The summed E-state index contributed by atoms with van der Waals surface area (Å²) in [6, 6.07) is 13.1. The molecule has 0 atom stereocenters. The lowest BCUT2D eigenvalue weighted by Crippen LogP contribution is -1.90. The number of phenolic OH excluding ortho intramolecular Hbond substituents is 1. The van der Waals surface area contributed by atoms with Gasteiger partial charge in [-0.15, -0.1) is 0 Å². The van der Waals surface area contributed by atoms with Crippen molar-refractivity contribution in [1.82, 2.24) is 0 Å². The Balaban J connectivity index is 2.35. The minimum atomic E-state index is 0.304. The van der Waals surface area contributed by atoms with Crippen molar-refractivity contribution in [3.8, 4) is 5.75 Å². The van der Waals surface area contributed by atoms with Crippen molar-refractivity contribution in [2.75, 3.05) is 0 Å². The summed E-state index contributed by atoms with van der Waals surface area (Å²) in [5, 5.41) is 10.4. The minimum Gasteiger partial charge on any atom is -0.508 e. The first-order valence-electron chi connectivity index (χ1n) is 4.88. The van der Waals surface area contributed by atoms with Crippen LogP contribution in [0.5, 0.6) is 5.75 Å². The Morgan fingerprint density at radius 3 is 2.44 bits per heavy atom. The van der Waals surface area contributed by atoms with Gasteiger partial charge in [0.15, 0.2) is 0 Å². The highest BCUT2D eigenvalue weighted by atomic mass is 79.9. The van der Waals surface area contributed by atoms with E-state index < -0.39 is 0 Å². The smallest absolute Gasteiger partial charge is 0.119 e. The normalized spacial score (nSPS) is 10.4. The van der Waals surface area contributed by atoms with E-state index in [1.165, 1.54) is 0 Å². The van der Waals surface area contributed by atoms with Gasteiger partial charge >= 0.3 is 0 Å². The van der Waals surface area contributed by atoms with Crippen LogP contribution in [0.3, 0.4) is 0 Å². The van der Waals surface area contributed by atoms with E-state index in [-0.39, 0.29) is 0 Å². The maximum Gasteiger partial charge on any atom is 0.119 e. The molecule has 1 N–H and O–H groups in total. The van der Waals surface area contributed by atoms with E-state index >= 15 is 0 Å². The van der Waals surface area contributed by atoms with Gasteiger partial charge in [0.2, 0.25) is 0 Å². The number of aromatic hydroxyl groups is 1. The molecular weight excluding hydrogens is 287 g/mol. The van der Waals surface area contributed by atoms with E-state index in [0.717, 1.165) is 15.6 Å². The Kier molecular flexibility index (Phi) is 3.52. The summed E-state index contributed by atoms with van der Waals surface area (Å²) >= 11 is 9.55.